The molecule has 0 radical (unpaired) electrons. The molecule has 1 aromatic carbocycles. The molecule has 0 heterocycles. The Bertz CT molecular complexity index is 416. The second-order valence-corrected chi connectivity index (χ2v) is 5.41. The predicted octanol–water partition coefficient (Wildman–Crippen LogP) is 3.80. The average molecular weight is 283 g/mol. The lowest BCUT2D eigenvalue weighted by Crippen LogP contribution is -2.24. The maximum atomic E-state index is 11.7. The molecule has 0 amide bonds. The third-order valence-corrected chi connectivity index (χ3v) is 2.31. The minimum absolute atomic E-state index is 0.372. The van der Waals surface area contributed by atoms with Crippen molar-refractivity contribution in [2.24, 2.45) is 0 Å². The summed E-state index contributed by atoms with van der Waals surface area (Å²) in [6, 6.07) is 7.42. The van der Waals surface area contributed by atoms with E-state index in [1.54, 1.807) is 0 Å². The van der Waals surface area contributed by atoms with Gasteiger partial charge in [-0.2, -0.15) is 0 Å². The van der Waals surface area contributed by atoms with Crippen LogP contribution in [0.25, 0.3) is 5.57 Å². The van der Waals surface area contributed by atoms with E-state index in [1.165, 1.54) is 0 Å². The number of carbonyl (C=O) groups excluding carboxylic acids is 1. The van der Waals surface area contributed by atoms with Gasteiger partial charge in [-0.3, -0.25) is 0 Å². The summed E-state index contributed by atoms with van der Waals surface area (Å²) >= 11 is 3.35. The first kappa shape index (κ1) is 13.0. The third-order valence-electron chi connectivity index (χ3n) is 1.82. The van der Waals surface area contributed by atoms with Crippen molar-refractivity contribution < 1.29 is 9.53 Å². The Hall–Kier alpha value is -1.09. The van der Waals surface area contributed by atoms with Crippen LogP contribution in [0, 0.1) is 0 Å². The number of carbonyl (C=O) groups is 1. The van der Waals surface area contributed by atoms with Crippen LogP contribution < -0.4 is 0 Å². The number of hydrogen-bond donors (Lipinski definition) is 0. The minimum atomic E-state index is -0.494. The maximum absolute atomic E-state index is 11.7. The fourth-order valence-electron chi connectivity index (χ4n) is 1.13. The summed E-state index contributed by atoms with van der Waals surface area (Å²) in [6.07, 6.45) is 0. The van der Waals surface area contributed by atoms with Crippen LogP contribution >= 0.6 is 15.9 Å². The standard InChI is InChI=1S/C13H15BrO2/c1-9(12(15)16-13(2,3)4)10-6-5-7-11(14)8-10/h5-8H,1H2,2-4H3. The fraction of sp³-hybridized carbons (Fsp3) is 0.308. The van der Waals surface area contributed by atoms with E-state index >= 15 is 0 Å². The van der Waals surface area contributed by atoms with Gasteiger partial charge in [0, 0.05) is 4.47 Å². The van der Waals surface area contributed by atoms with Gasteiger partial charge in [-0.1, -0.05) is 34.6 Å². The first-order valence-electron chi connectivity index (χ1n) is 4.98. The van der Waals surface area contributed by atoms with Gasteiger partial charge < -0.3 is 4.74 Å². The van der Waals surface area contributed by atoms with Crippen LogP contribution in [0.2, 0.25) is 0 Å². The van der Waals surface area contributed by atoms with Gasteiger partial charge in [0.2, 0.25) is 0 Å². The Balaban J connectivity index is 2.83. The molecule has 1 rings (SSSR count). The maximum Gasteiger partial charge on any atom is 0.338 e. The first-order chi connectivity index (χ1) is 7.29. The van der Waals surface area contributed by atoms with Gasteiger partial charge in [-0.25, -0.2) is 4.79 Å². The molecule has 0 fully saturated rings. The van der Waals surface area contributed by atoms with Crippen molar-refractivity contribution in [3.05, 3.63) is 40.9 Å². The van der Waals surface area contributed by atoms with Crippen LogP contribution in [0.15, 0.2) is 35.3 Å². The van der Waals surface area contributed by atoms with Crippen molar-refractivity contribution in [3.8, 4) is 0 Å². The topological polar surface area (TPSA) is 26.3 Å². The van der Waals surface area contributed by atoms with Crippen LogP contribution in [0.1, 0.15) is 26.3 Å². The van der Waals surface area contributed by atoms with Gasteiger partial charge in [0.25, 0.3) is 0 Å². The highest BCUT2D eigenvalue weighted by Gasteiger charge is 2.19. The van der Waals surface area contributed by atoms with Crippen molar-refractivity contribution in [3.63, 3.8) is 0 Å². The summed E-state index contributed by atoms with van der Waals surface area (Å²) in [6.45, 7) is 9.25. The SMILES string of the molecule is C=C(C(=O)OC(C)(C)C)c1cccc(Br)c1. The van der Waals surface area contributed by atoms with E-state index in [9.17, 15) is 4.79 Å². The van der Waals surface area contributed by atoms with Crippen LogP contribution in [0.5, 0.6) is 0 Å². The second kappa shape index (κ2) is 4.83. The average Bonchev–Trinajstić information content (AvgIpc) is 2.14. The van der Waals surface area contributed by atoms with Crippen molar-refractivity contribution >= 4 is 27.5 Å². The molecule has 16 heavy (non-hydrogen) atoms. The molecular formula is C13H15BrO2. The Morgan fingerprint density at radius 3 is 2.50 bits per heavy atom. The Morgan fingerprint density at radius 2 is 2.00 bits per heavy atom. The van der Waals surface area contributed by atoms with Gasteiger partial charge in [-0.05, 0) is 38.5 Å². The van der Waals surface area contributed by atoms with Crippen molar-refractivity contribution in [1.29, 1.82) is 0 Å². The van der Waals surface area contributed by atoms with E-state index in [-0.39, 0.29) is 5.97 Å². The molecule has 2 nitrogen and oxygen atoms in total. The van der Waals surface area contributed by atoms with Crippen molar-refractivity contribution in [2.75, 3.05) is 0 Å². The smallest absolute Gasteiger partial charge is 0.338 e. The number of benzene rings is 1. The zero-order chi connectivity index (χ0) is 12.3. The summed E-state index contributed by atoms with van der Waals surface area (Å²) in [5.74, 6) is -0.384. The number of esters is 1. The Kier molecular flexibility index (Phi) is 3.92. The highest BCUT2D eigenvalue weighted by Crippen LogP contribution is 2.21. The molecule has 0 N–H and O–H groups in total. The fourth-order valence-corrected chi connectivity index (χ4v) is 1.53. The van der Waals surface area contributed by atoms with Crippen molar-refractivity contribution in [1.82, 2.24) is 0 Å². The summed E-state index contributed by atoms with van der Waals surface area (Å²) in [4.78, 5) is 11.7. The largest absolute Gasteiger partial charge is 0.456 e. The van der Waals surface area contributed by atoms with E-state index in [0.29, 0.717) is 5.57 Å². The molecule has 0 aliphatic heterocycles. The number of rotatable bonds is 2. The van der Waals surface area contributed by atoms with Crippen molar-refractivity contribution in [2.45, 2.75) is 26.4 Å². The van der Waals surface area contributed by atoms with E-state index in [4.69, 9.17) is 4.74 Å². The quantitative estimate of drug-likeness (QED) is 0.609. The molecule has 0 unspecified atom stereocenters. The molecule has 0 atom stereocenters. The highest BCUT2D eigenvalue weighted by molar-refractivity contribution is 9.10. The second-order valence-electron chi connectivity index (χ2n) is 4.49. The lowest BCUT2D eigenvalue weighted by atomic mass is 10.1. The monoisotopic (exact) mass is 282 g/mol. The molecule has 86 valence electrons. The van der Waals surface area contributed by atoms with E-state index in [0.717, 1.165) is 10.0 Å². The Labute approximate surface area is 104 Å². The van der Waals surface area contributed by atoms with E-state index in [2.05, 4.69) is 22.5 Å². The summed E-state index contributed by atoms with van der Waals surface area (Å²) in [7, 11) is 0. The number of halogens is 1. The molecule has 1 aromatic rings. The molecule has 3 heteroatoms. The number of hydrogen-bond acceptors (Lipinski definition) is 2. The summed E-state index contributed by atoms with van der Waals surface area (Å²) in [5.41, 5.74) is 0.645. The van der Waals surface area contributed by atoms with Crippen LogP contribution in [-0.4, -0.2) is 11.6 Å². The van der Waals surface area contributed by atoms with Gasteiger partial charge in [0.1, 0.15) is 5.60 Å². The first-order valence-corrected chi connectivity index (χ1v) is 5.77. The normalized spacial score (nSPS) is 11.0. The summed E-state index contributed by atoms with van der Waals surface area (Å²) in [5, 5.41) is 0. The lowest BCUT2D eigenvalue weighted by Gasteiger charge is -2.20. The van der Waals surface area contributed by atoms with Gasteiger partial charge in [0.05, 0.1) is 5.57 Å². The Morgan fingerprint density at radius 1 is 1.38 bits per heavy atom. The molecule has 0 bridgehead atoms. The molecule has 0 aliphatic rings. The molecule has 0 spiro atoms. The molecule has 0 saturated heterocycles. The predicted molar refractivity (Wildman–Crippen MR) is 69.0 cm³/mol. The van der Waals surface area contributed by atoms with E-state index < -0.39 is 5.60 Å². The molecular weight excluding hydrogens is 268 g/mol. The van der Waals surface area contributed by atoms with E-state index in [1.807, 2.05) is 45.0 Å². The van der Waals surface area contributed by atoms with Gasteiger partial charge >= 0.3 is 5.97 Å². The zero-order valence-electron chi connectivity index (χ0n) is 9.71. The summed E-state index contributed by atoms with van der Waals surface area (Å²) < 4.78 is 6.15. The van der Waals surface area contributed by atoms with Crippen LogP contribution in [0.3, 0.4) is 0 Å². The highest BCUT2D eigenvalue weighted by atomic mass is 79.9. The van der Waals surface area contributed by atoms with Crippen LogP contribution in [0.4, 0.5) is 0 Å². The number of ether oxygens (including phenoxy) is 1. The molecule has 0 aromatic heterocycles. The third kappa shape index (κ3) is 3.81. The van der Waals surface area contributed by atoms with Gasteiger partial charge in [0.15, 0.2) is 0 Å². The minimum Gasteiger partial charge on any atom is -0.456 e. The molecule has 0 aliphatic carbocycles. The zero-order valence-corrected chi connectivity index (χ0v) is 11.3. The van der Waals surface area contributed by atoms with Crippen LogP contribution in [-0.2, 0) is 9.53 Å². The lowest BCUT2D eigenvalue weighted by molar-refractivity contribution is -0.147. The van der Waals surface area contributed by atoms with Gasteiger partial charge in [-0.15, -0.1) is 0 Å². The molecule has 0 saturated carbocycles.